The molecular formula is C34H47F3N2O4Si. The molecule has 2 aliphatic heterocycles. The third-order valence-electron chi connectivity index (χ3n) is 9.89. The summed E-state index contributed by atoms with van der Waals surface area (Å²) >= 11 is 0. The Morgan fingerprint density at radius 1 is 1.07 bits per heavy atom. The summed E-state index contributed by atoms with van der Waals surface area (Å²) in [5.74, 6) is 0.0464. The Bertz CT molecular complexity index is 1380. The fourth-order valence-electron chi connectivity index (χ4n) is 6.49. The molecule has 2 aromatic heterocycles. The molecule has 0 amide bonds. The topological polar surface area (TPSA) is 73.7 Å². The van der Waals surface area contributed by atoms with Gasteiger partial charge < -0.3 is 19.0 Å². The van der Waals surface area contributed by atoms with Gasteiger partial charge in [-0.15, -0.1) is 0 Å². The number of pyridine rings is 2. The first-order chi connectivity index (χ1) is 20.5. The van der Waals surface area contributed by atoms with Gasteiger partial charge in [0.25, 0.3) is 0 Å². The van der Waals surface area contributed by atoms with E-state index in [-0.39, 0.29) is 22.5 Å². The van der Waals surface area contributed by atoms with Crippen LogP contribution in [0.3, 0.4) is 0 Å². The fraction of sp³-hybridized carbons (Fsp3) is 0.647. The minimum atomic E-state index is -4.57. The van der Waals surface area contributed by atoms with Gasteiger partial charge in [0, 0.05) is 47.7 Å². The highest BCUT2D eigenvalue weighted by atomic mass is 28.4. The highest BCUT2D eigenvalue weighted by Crippen LogP contribution is 2.52. The number of nitrogens with zero attached hydrogens (tertiary/aromatic N) is 2. The van der Waals surface area contributed by atoms with Crippen molar-refractivity contribution in [1.29, 1.82) is 0 Å². The largest absolute Gasteiger partial charge is 0.433 e. The van der Waals surface area contributed by atoms with E-state index in [1.54, 1.807) is 0 Å². The Labute approximate surface area is 260 Å². The molecule has 0 saturated carbocycles. The Balaban J connectivity index is 1.78. The van der Waals surface area contributed by atoms with Crippen molar-refractivity contribution in [2.75, 3.05) is 26.4 Å². The van der Waals surface area contributed by atoms with E-state index in [2.05, 4.69) is 58.8 Å². The molecule has 1 saturated heterocycles. The number of halogens is 3. The van der Waals surface area contributed by atoms with E-state index in [9.17, 15) is 18.3 Å². The van der Waals surface area contributed by atoms with Gasteiger partial charge in [0.2, 0.25) is 0 Å². The lowest BCUT2D eigenvalue weighted by Crippen LogP contribution is -2.44. The van der Waals surface area contributed by atoms with Crippen LogP contribution in [0.1, 0.15) is 118 Å². The predicted octanol–water partition coefficient (Wildman–Crippen LogP) is 8.31. The molecule has 2 atom stereocenters. The SMILES string of the molecule is CC1(C)Cc2nc(C3CCOCC3)c(C(O)c3ccc(C(F)(F)F)nc3)c(C3=CCOCC3)c2[C@H](O[Si](C)(C)C(C)(C)C)C1. The molecule has 1 N–H and O–H groups in total. The second-order valence-corrected chi connectivity index (χ2v) is 19.6. The van der Waals surface area contributed by atoms with Crippen molar-refractivity contribution in [2.45, 2.75) is 109 Å². The average molecular weight is 633 g/mol. The number of aromatic nitrogens is 2. The van der Waals surface area contributed by atoms with Crippen molar-refractivity contribution >= 4 is 13.9 Å². The third kappa shape index (κ3) is 6.84. The maximum absolute atomic E-state index is 13.4. The zero-order valence-corrected chi connectivity index (χ0v) is 28.1. The number of fused-ring (bicyclic) bond motifs is 1. The van der Waals surface area contributed by atoms with Crippen LogP contribution in [-0.4, -0.2) is 49.8 Å². The van der Waals surface area contributed by atoms with Crippen molar-refractivity contribution in [3.05, 3.63) is 63.7 Å². The van der Waals surface area contributed by atoms with Crippen molar-refractivity contribution in [2.24, 2.45) is 5.41 Å². The van der Waals surface area contributed by atoms with E-state index in [1.165, 1.54) is 6.07 Å². The van der Waals surface area contributed by atoms with Crippen LogP contribution in [0.4, 0.5) is 13.2 Å². The van der Waals surface area contributed by atoms with Gasteiger partial charge >= 0.3 is 6.18 Å². The van der Waals surface area contributed by atoms with Crippen LogP contribution in [0.5, 0.6) is 0 Å². The first kappa shape index (κ1) is 33.3. The van der Waals surface area contributed by atoms with Crippen LogP contribution in [0.15, 0.2) is 24.4 Å². The molecule has 2 aromatic rings. The quantitative estimate of drug-likeness (QED) is 0.323. The molecule has 242 valence electrons. The standard InChI is InChI=1S/C34H47F3N2O4Si/c1-32(2,3)44(6,7)43-25-19-33(4,5)18-24-28(25)27(21-10-14-41-15-11-21)29(30(39-24)22-12-16-42-17-13-22)31(40)23-8-9-26(38-20-23)34(35,36)37/h8-10,20,22,25,31,40H,11-19H2,1-7H3/t25-,31?/m1/s1. The highest BCUT2D eigenvalue weighted by molar-refractivity contribution is 6.74. The summed E-state index contributed by atoms with van der Waals surface area (Å²) in [7, 11) is -2.24. The Kier molecular flexibility index (Phi) is 9.25. The Hall–Kier alpha value is -2.11. The summed E-state index contributed by atoms with van der Waals surface area (Å²) in [6, 6.07) is 2.28. The lowest BCUT2D eigenvalue weighted by molar-refractivity contribution is -0.141. The summed E-state index contributed by atoms with van der Waals surface area (Å²) in [4.78, 5) is 9.09. The molecule has 10 heteroatoms. The number of rotatable bonds is 6. The van der Waals surface area contributed by atoms with Gasteiger partial charge in [-0.1, -0.05) is 46.8 Å². The minimum Gasteiger partial charge on any atom is -0.410 e. The molecule has 4 heterocycles. The summed E-state index contributed by atoms with van der Waals surface area (Å²) in [6.45, 7) is 17.9. The van der Waals surface area contributed by atoms with Crippen molar-refractivity contribution in [3.8, 4) is 0 Å². The zero-order chi connectivity index (χ0) is 32.1. The molecule has 5 rings (SSSR count). The number of ether oxygens (including phenoxy) is 2. The smallest absolute Gasteiger partial charge is 0.410 e. The van der Waals surface area contributed by atoms with Gasteiger partial charge in [-0.2, -0.15) is 13.2 Å². The first-order valence-corrected chi connectivity index (χ1v) is 18.7. The lowest BCUT2D eigenvalue weighted by atomic mass is 9.71. The molecule has 1 fully saturated rings. The van der Waals surface area contributed by atoms with Crippen LogP contribution < -0.4 is 0 Å². The van der Waals surface area contributed by atoms with Gasteiger partial charge in [0.1, 0.15) is 11.8 Å². The molecule has 44 heavy (non-hydrogen) atoms. The molecule has 0 radical (unpaired) electrons. The summed E-state index contributed by atoms with van der Waals surface area (Å²) in [5, 5.41) is 12.2. The molecule has 0 bridgehead atoms. The van der Waals surface area contributed by atoms with E-state index >= 15 is 0 Å². The molecule has 1 unspecified atom stereocenters. The third-order valence-corrected chi connectivity index (χ3v) is 14.4. The van der Waals surface area contributed by atoms with Gasteiger partial charge in [-0.3, -0.25) is 9.97 Å². The van der Waals surface area contributed by atoms with Gasteiger partial charge in [-0.05, 0) is 72.9 Å². The second kappa shape index (κ2) is 12.2. The van der Waals surface area contributed by atoms with Gasteiger partial charge in [-0.25, -0.2) is 0 Å². The van der Waals surface area contributed by atoms with E-state index in [0.29, 0.717) is 44.0 Å². The minimum absolute atomic E-state index is 0.0173. The van der Waals surface area contributed by atoms with Crippen LogP contribution in [0, 0.1) is 5.41 Å². The lowest BCUT2D eigenvalue weighted by Gasteiger charge is -2.45. The van der Waals surface area contributed by atoms with E-state index in [1.807, 2.05) is 0 Å². The first-order valence-electron chi connectivity index (χ1n) is 15.8. The normalized spacial score (nSPS) is 22.3. The maximum atomic E-state index is 13.4. The van der Waals surface area contributed by atoms with Crippen molar-refractivity contribution in [3.63, 3.8) is 0 Å². The number of hydrogen-bond acceptors (Lipinski definition) is 6. The van der Waals surface area contributed by atoms with E-state index in [0.717, 1.165) is 66.0 Å². The highest BCUT2D eigenvalue weighted by Gasteiger charge is 2.45. The maximum Gasteiger partial charge on any atom is 0.433 e. The number of aliphatic hydroxyl groups excluding tert-OH is 1. The van der Waals surface area contributed by atoms with Gasteiger partial charge in [0.15, 0.2) is 8.32 Å². The average Bonchev–Trinajstić information content (AvgIpc) is 2.95. The molecule has 6 nitrogen and oxygen atoms in total. The van der Waals surface area contributed by atoms with E-state index < -0.39 is 26.3 Å². The van der Waals surface area contributed by atoms with Crippen LogP contribution >= 0.6 is 0 Å². The van der Waals surface area contributed by atoms with Crippen molar-refractivity contribution in [1.82, 2.24) is 9.97 Å². The summed E-state index contributed by atoms with van der Waals surface area (Å²) in [5.41, 5.74) is 4.76. The van der Waals surface area contributed by atoms with Crippen LogP contribution in [0.25, 0.3) is 5.57 Å². The van der Waals surface area contributed by atoms with Crippen LogP contribution in [0.2, 0.25) is 18.1 Å². The molecule has 0 spiro atoms. The number of alkyl halides is 3. The van der Waals surface area contributed by atoms with Gasteiger partial charge in [0.05, 0.1) is 25.0 Å². The van der Waals surface area contributed by atoms with E-state index in [4.69, 9.17) is 18.9 Å². The predicted molar refractivity (Wildman–Crippen MR) is 167 cm³/mol. The fourth-order valence-corrected chi connectivity index (χ4v) is 7.75. The monoisotopic (exact) mass is 632 g/mol. The Morgan fingerprint density at radius 3 is 2.34 bits per heavy atom. The molecule has 0 aromatic carbocycles. The Morgan fingerprint density at radius 2 is 1.77 bits per heavy atom. The molecule has 3 aliphatic rings. The number of hydrogen-bond donors (Lipinski definition) is 1. The summed E-state index contributed by atoms with van der Waals surface area (Å²) < 4.78 is 58.8. The zero-order valence-electron chi connectivity index (χ0n) is 27.1. The van der Waals surface area contributed by atoms with Crippen LogP contribution in [-0.2, 0) is 26.5 Å². The second-order valence-electron chi connectivity index (χ2n) is 14.9. The molecular weight excluding hydrogens is 585 g/mol. The number of aliphatic hydroxyl groups is 1. The summed E-state index contributed by atoms with van der Waals surface area (Å²) in [6.07, 6.45) is 0.950. The van der Waals surface area contributed by atoms with Crippen molar-refractivity contribution < 1.29 is 32.2 Å². The molecule has 1 aliphatic carbocycles.